The molecule has 11 nitrogen and oxygen atoms in total. The average molecular weight is 518 g/mol. The summed E-state index contributed by atoms with van der Waals surface area (Å²) < 4.78 is 48.0. The van der Waals surface area contributed by atoms with Crippen LogP contribution in [-0.2, 0) is 20.5 Å². The van der Waals surface area contributed by atoms with E-state index in [4.69, 9.17) is 4.74 Å². The fourth-order valence-corrected chi connectivity index (χ4v) is 3.60. The van der Waals surface area contributed by atoms with E-state index in [1.165, 1.54) is 0 Å². The Hall–Kier alpha value is -3.32. The number of nitrogens with one attached hydrogen (secondary N) is 3. The number of hydrogen-bond donors (Lipinski definition) is 3. The largest absolute Gasteiger partial charge is 0.452 e. The molecule has 1 aromatic rings. The Labute approximate surface area is 205 Å². The molecule has 200 valence electrons. The minimum Gasteiger partial charge on any atom is -0.442 e. The number of hydrazine groups is 1. The van der Waals surface area contributed by atoms with Gasteiger partial charge in [0.2, 0.25) is 11.7 Å². The maximum Gasteiger partial charge on any atom is 0.452 e. The Balaban J connectivity index is 1.76. The number of halogens is 3. The minimum atomic E-state index is -4.83. The summed E-state index contributed by atoms with van der Waals surface area (Å²) in [6.07, 6.45) is -3.55. The quantitative estimate of drug-likeness (QED) is 0.471. The number of nitrogens with zero attached hydrogens (tertiary/aromatic N) is 2. The third-order valence-electron chi connectivity index (χ3n) is 5.87. The second-order valence-electron chi connectivity index (χ2n) is 10.5. The zero-order chi connectivity index (χ0) is 26.9. The minimum absolute atomic E-state index is 0.164. The van der Waals surface area contributed by atoms with E-state index in [1.54, 1.807) is 20.8 Å². The first-order chi connectivity index (χ1) is 16.6. The number of ether oxygens (including phenoxy) is 1. The molecule has 3 rings (SSSR count). The Morgan fingerprint density at radius 3 is 2.47 bits per heavy atom. The van der Waals surface area contributed by atoms with Crippen molar-refractivity contribution in [2.75, 3.05) is 13.1 Å². The van der Waals surface area contributed by atoms with Gasteiger partial charge >= 0.3 is 12.3 Å². The van der Waals surface area contributed by atoms with Crippen LogP contribution in [0.3, 0.4) is 0 Å². The first-order valence-corrected chi connectivity index (χ1v) is 11.5. The molecule has 1 saturated carbocycles. The van der Waals surface area contributed by atoms with Gasteiger partial charge in [0.25, 0.3) is 11.8 Å². The molecule has 0 radical (unpaired) electrons. The third kappa shape index (κ3) is 7.34. The maximum atomic E-state index is 13.2. The van der Waals surface area contributed by atoms with E-state index in [-0.39, 0.29) is 24.3 Å². The van der Waals surface area contributed by atoms with Crippen molar-refractivity contribution in [3.63, 3.8) is 0 Å². The Morgan fingerprint density at radius 2 is 1.97 bits per heavy atom. The van der Waals surface area contributed by atoms with E-state index in [9.17, 15) is 32.3 Å². The first kappa shape index (κ1) is 27.3. The van der Waals surface area contributed by atoms with Crippen molar-refractivity contribution in [2.45, 2.75) is 71.2 Å². The second-order valence-corrected chi connectivity index (χ2v) is 10.5. The number of carbonyl (C=O) groups is 4. The molecule has 0 bridgehead atoms. The molecule has 2 fully saturated rings. The number of carbonyl (C=O) groups excluding carboxylic acids is 4. The van der Waals surface area contributed by atoms with Crippen LogP contribution in [0, 0.1) is 11.3 Å². The van der Waals surface area contributed by atoms with E-state index in [0.29, 0.717) is 19.0 Å². The highest BCUT2D eigenvalue weighted by molar-refractivity contribution is 5.96. The lowest BCUT2D eigenvalue weighted by Gasteiger charge is -2.30. The molecule has 14 heteroatoms. The molecule has 3 N–H and O–H groups in total. The maximum absolute atomic E-state index is 13.2. The summed E-state index contributed by atoms with van der Waals surface area (Å²) in [4.78, 5) is 50.7. The van der Waals surface area contributed by atoms with Crippen LogP contribution in [0.15, 0.2) is 10.6 Å². The lowest BCUT2D eigenvalue weighted by atomic mass is 9.98. The molecular weight excluding hydrogens is 487 g/mol. The first-order valence-electron chi connectivity index (χ1n) is 11.5. The van der Waals surface area contributed by atoms with Gasteiger partial charge in [0, 0.05) is 12.6 Å². The van der Waals surface area contributed by atoms with Crippen molar-refractivity contribution < 1.29 is 41.6 Å². The highest BCUT2D eigenvalue weighted by Gasteiger charge is 2.43. The van der Waals surface area contributed by atoms with Crippen molar-refractivity contribution in [1.82, 2.24) is 26.2 Å². The smallest absolute Gasteiger partial charge is 0.442 e. The van der Waals surface area contributed by atoms with E-state index < -0.39 is 53.1 Å². The van der Waals surface area contributed by atoms with E-state index in [0.717, 1.165) is 17.9 Å². The van der Waals surface area contributed by atoms with Crippen molar-refractivity contribution in [1.29, 1.82) is 0 Å². The van der Waals surface area contributed by atoms with E-state index in [1.807, 2.05) is 6.92 Å². The zero-order valence-corrected chi connectivity index (χ0v) is 20.5. The SMILES string of the molecule is CC1(CC(NC(=O)c2cc(C(F)(F)F)on2)C(=O)NN(CC2CCNC2=O)C(=O)OC(C)(C)C)CC1. The zero-order valence-electron chi connectivity index (χ0n) is 20.5. The topological polar surface area (TPSA) is 143 Å². The van der Waals surface area contributed by atoms with Crippen LogP contribution in [0.1, 0.15) is 69.6 Å². The van der Waals surface area contributed by atoms with Crippen LogP contribution >= 0.6 is 0 Å². The van der Waals surface area contributed by atoms with Crippen LogP contribution in [-0.4, -0.2) is 58.7 Å². The molecule has 2 aliphatic rings. The number of rotatable bonds is 7. The summed E-state index contributed by atoms with van der Waals surface area (Å²) >= 11 is 0. The van der Waals surface area contributed by atoms with Gasteiger partial charge < -0.3 is 19.9 Å². The fourth-order valence-electron chi connectivity index (χ4n) is 3.60. The molecule has 1 aliphatic heterocycles. The second kappa shape index (κ2) is 9.97. The van der Waals surface area contributed by atoms with Gasteiger partial charge in [0.05, 0.1) is 12.5 Å². The van der Waals surface area contributed by atoms with Gasteiger partial charge in [0.15, 0.2) is 5.69 Å². The predicted octanol–water partition coefficient (Wildman–Crippen LogP) is 2.39. The van der Waals surface area contributed by atoms with Crippen molar-refractivity contribution in [2.24, 2.45) is 11.3 Å². The molecular formula is C22H30F3N5O6. The summed E-state index contributed by atoms with van der Waals surface area (Å²) in [5, 5.41) is 9.07. The van der Waals surface area contributed by atoms with Gasteiger partial charge in [-0.15, -0.1) is 0 Å². The highest BCUT2D eigenvalue weighted by atomic mass is 19.4. The van der Waals surface area contributed by atoms with Crippen molar-refractivity contribution >= 4 is 23.8 Å². The molecule has 2 heterocycles. The number of alkyl halides is 3. The van der Waals surface area contributed by atoms with E-state index >= 15 is 0 Å². The Kier molecular flexibility index (Phi) is 7.55. The molecule has 36 heavy (non-hydrogen) atoms. The lowest BCUT2D eigenvalue weighted by Crippen LogP contribution is -2.56. The summed E-state index contributed by atoms with van der Waals surface area (Å²) in [6, 6.07) is -0.771. The lowest BCUT2D eigenvalue weighted by molar-refractivity contribution is -0.155. The van der Waals surface area contributed by atoms with Gasteiger partial charge in [-0.05, 0) is 51.9 Å². The van der Waals surface area contributed by atoms with Crippen molar-refractivity contribution in [3.8, 4) is 0 Å². The van der Waals surface area contributed by atoms with Crippen LogP contribution in [0.5, 0.6) is 0 Å². The van der Waals surface area contributed by atoms with Gasteiger partial charge in [-0.3, -0.25) is 19.8 Å². The normalized spacial score (nSPS) is 19.8. The van der Waals surface area contributed by atoms with Crippen LogP contribution < -0.4 is 16.1 Å². The summed E-state index contributed by atoms with van der Waals surface area (Å²) in [7, 11) is 0. The van der Waals surface area contributed by atoms with Gasteiger partial charge in [-0.1, -0.05) is 12.1 Å². The molecule has 1 aromatic heterocycles. The Bertz CT molecular complexity index is 1010. The highest BCUT2D eigenvalue weighted by Crippen LogP contribution is 2.49. The predicted molar refractivity (Wildman–Crippen MR) is 117 cm³/mol. The molecule has 1 aliphatic carbocycles. The Morgan fingerprint density at radius 1 is 1.31 bits per heavy atom. The summed E-state index contributed by atoms with van der Waals surface area (Å²) in [6.45, 7) is 7.06. The number of aromatic nitrogens is 1. The fraction of sp³-hybridized carbons (Fsp3) is 0.682. The molecule has 0 spiro atoms. The molecule has 1 saturated heterocycles. The van der Waals surface area contributed by atoms with Gasteiger partial charge in [-0.2, -0.15) is 13.2 Å². The van der Waals surface area contributed by atoms with Crippen LogP contribution in [0.2, 0.25) is 0 Å². The van der Waals surface area contributed by atoms with Crippen LogP contribution in [0.4, 0.5) is 18.0 Å². The standard InChI is InChI=1S/C22H30F3N5O6/c1-20(2,3)35-19(34)30(11-12-5-8-26-16(12)31)28-18(33)14(10-21(4)6-7-21)27-17(32)13-9-15(36-29-13)22(23,24)25/h9,12,14H,5-8,10-11H2,1-4H3,(H,26,31)(H,27,32)(H,28,33). The molecule has 0 aromatic carbocycles. The van der Waals surface area contributed by atoms with Gasteiger partial charge in [0.1, 0.15) is 11.6 Å². The summed E-state index contributed by atoms with van der Waals surface area (Å²) in [5.74, 6) is -4.14. The van der Waals surface area contributed by atoms with Crippen molar-refractivity contribution in [3.05, 3.63) is 17.5 Å². The number of hydrogen-bond acceptors (Lipinski definition) is 7. The average Bonchev–Trinajstić information content (AvgIpc) is 3.13. The summed E-state index contributed by atoms with van der Waals surface area (Å²) in [5.41, 5.74) is 0.621. The van der Waals surface area contributed by atoms with E-state index in [2.05, 4.69) is 25.7 Å². The monoisotopic (exact) mass is 517 g/mol. The molecule has 2 atom stereocenters. The van der Waals surface area contributed by atoms with Crippen LogP contribution in [0.25, 0.3) is 0 Å². The molecule has 2 unspecified atom stereocenters. The number of amides is 4. The van der Waals surface area contributed by atoms with Gasteiger partial charge in [-0.25, -0.2) is 9.80 Å². The third-order valence-corrected chi connectivity index (χ3v) is 5.87. The molecule has 4 amide bonds.